The summed E-state index contributed by atoms with van der Waals surface area (Å²) in [6.45, 7) is 2.20. The summed E-state index contributed by atoms with van der Waals surface area (Å²) >= 11 is 0. The molecular formula is C16H25N. The first kappa shape index (κ1) is 12.6. The van der Waals surface area contributed by atoms with Crippen LogP contribution >= 0.6 is 0 Å². The lowest BCUT2D eigenvalue weighted by Crippen LogP contribution is -2.32. The molecule has 0 radical (unpaired) electrons. The maximum absolute atomic E-state index is 6.35. The Morgan fingerprint density at radius 1 is 1.18 bits per heavy atom. The van der Waals surface area contributed by atoms with Crippen molar-refractivity contribution >= 4 is 0 Å². The molecule has 1 aromatic carbocycles. The molecule has 1 heteroatoms. The largest absolute Gasteiger partial charge is 0.327 e. The van der Waals surface area contributed by atoms with Crippen LogP contribution in [0.2, 0.25) is 0 Å². The average molecular weight is 231 g/mol. The second-order valence-corrected chi connectivity index (χ2v) is 5.53. The Labute approximate surface area is 105 Å². The second-order valence-electron chi connectivity index (χ2n) is 5.53. The third-order valence-electron chi connectivity index (χ3n) is 4.26. The molecule has 0 aromatic heterocycles. The third kappa shape index (κ3) is 3.57. The van der Waals surface area contributed by atoms with Crippen LogP contribution in [0.1, 0.15) is 49.7 Å². The van der Waals surface area contributed by atoms with Gasteiger partial charge in [-0.1, -0.05) is 43.5 Å². The van der Waals surface area contributed by atoms with Crippen LogP contribution in [-0.4, -0.2) is 6.04 Å². The molecule has 1 aliphatic rings. The van der Waals surface area contributed by atoms with E-state index in [-0.39, 0.29) is 0 Å². The number of rotatable bonds is 4. The lowest BCUT2D eigenvalue weighted by Gasteiger charge is -2.27. The van der Waals surface area contributed by atoms with Gasteiger partial charge < -0.3 is 5.73 Å². The molecule has 17 heavy (non-hydrogen) atoms. The average Bonchev–Trinajstić information content (AvgIpc) is 2.38. The maximum atomic E-state index is 6.35. The van der Waals surface area contributed by atoms with E-state index in [0.717, 1.165) is 18.8 Å². The highest BCUT2D eigenvalue weighted by atomic mass is 14.6. The summed E-state index contributed by atoms with van der Waals surface area (Å²) in [5, 5.41) is 0. The minimum Gasteiger partial charge on any atom is -0.327 e. The first-order chi connectivity index (χ1) is 8.27. The van der Waals surface area contributed by atoms with Crippen LogP contribution < -0.4 is 5.73 Å². The Morgan fingerprint density at radius 2 is 1.88 bits per heavy atom. The highest BCUT2D eigenvalue weighted by Crippen LogP contribution is 2.27. The van der Waals surface area contributed by atoms with Crippen molar-refractivity contribution in [3.8, 4) is 0 Å². The number of nitrogens with two attached hydrogens (primary N) is 1. The Balaban J connectivity index is 1.83. The lowest BCUT2D eigenvalue weighted by molar-refractivity contribution is 0.295. The Hall–Kier alpha value is -0.820. The van der Waals surface area contributed by atoms with Crippen LogP contribution in [-0.2, 0) is 6.42 Å². The standard InChI is InChI=1S/C16H25N/c1-13-7-5-6-8-14(13)11-12-16(17)15-9-3-2-4-10-15/h5-8,15-16H,2-4,9-12,17H2,1H3. The summed E-state index contributed by atoms with van der Waals surface area (Å²) in [4.78, 5) is 0. The monoisotopic (exact) mass is 231 g/mol. The molecular weight excluding hydrogens is 206 g/mol. The number of hydrogen-bond acceptors (Lipinski definition) is 1. The fourth-order valence-electron chi connectivity index (χ4n) is 3.01. The van der Waals surface area contributed by atoms with Gasteiger partial charge in [-0.2, -0.15) is 0 Å². The van der Waals surface area contributed by atoms with E-state index in [1.54, 1.807) is 0 Å². The van der Waals surface area contributed by atoms with Crippen LogP contribution in [0.3, 0.4) is 0 Å². The molecule has 1 aliphatic carbocycles. The predicted molar refractivity (Wildman–Crippen MR) is 74.1 cm³/mol. The Kier molecular flexibility index (Phi) is 4.61. The molecule has 0 aliphatic heterocycles. The van der Waals surface area contributed by atoms with E-state index in [1.165, 1.54) is 43.2 Å². The minimum atomic E-state index is 0.412. The van der Waals surface area contributed by atoms with Crippen molar-refractivity contribution in [2.45, 2.75) is 57.9 Å². The van der Waals surface area contributed by atoms with E-state index >= 15 is 0 Å². The molecule has 0 bridgehead atoms. The van der Waals surface area contributed by atoms with Gasteiger partial charge in [0.2, 0.25) is 0 Å². The highest BCUT2D eigenvalue weighted by molar-refractivity contribution is 5.25. The molecule has 0 spiro atoms. The molecule has 2 rings (SSSR count). The molecule has 1 unspecified atom stereocenters. The number of benzene rings is 1. The zero-order valence-corrected chi connectivity index (χ0v) is 11.0. The van der Waals surface area contributed by atoms with E-state index in [4.69, 9.17) is 5.73 Å². The zero-order valence-electron chi connectivity index (χ0n) is 11.0. The molecule has 0 saturated heterocycles. The quantitative estimate of drug-likeness (QED) is 0.837. The van der Waals surface area contributed by atoms with Crippen LogP contribution in [0.15, 0.2) is 24.3 Å². The minimum absolute atomic E-state index is 0.412. The predicted octanol–water partition coefficient (Wildman–Crippen LogP) is 3.84. The molecule has 0 heterocycles. The SMILES string of the molecule is Cc1ccccc1CCC(N)C1CCCCC1. The number of aryl methyl sites for hydroxylation is 2. The van der Waals surface area contributed by atoms with Crippen molar-refractivity contribution in [2.75, 3.05) is 0 Å². The molecule has 94 valence electrons. The van der Waals surface area contributed by atoms with Crippen molar-refractivity contribution in [1.29, 1.82) is 0 Å². The van der Waals surface area contributed by atoms with Gasteiger partial charge in [-0.05, 0) is 49.7 Å². The molecule has 1 saturated carbocycles. The van der Waals surface area contributed by atoms with Crippen LogP contribution in [0.4, 0.5) is 0 Å². The third-order valence-corrected chi connectivity index (χ3v) is 4.26. The molecule has 0 amide bonds. The maximum Gasteiger partial charge on any atom is 0.00703 e. The van der Waals surface area contributed by atoms with Gasteiger partial charge in [0, 0.05) is 6.04 Å². The van der Waals surface area contributed by atoms with E-state index in [9.17, 15) is 0 Å². The second kappa shape index (κ2) is 6.20. The summed E-state index contributed by atoms with van der Waals surface area (Å²) in [7, 11) is 0. The van der Waals surface area contributed by atoms with Crippen LogP contribution in [0, 0.1) is 12.8 Å². The van der Waals surface area contributed by atoms with E-state index < -0.39 is 0 Å². The van der Waals surface area contributed by atoms with Crippen molar-refractivity contribution in [2.24, 2.45) is 11.7 Å². The summed E-state index contributed by atoms with van der Waals surface area (Å²) < 4.78 is 0. The Morgan fingerprint density at radius 3 is 2.59 bits per heavy atom. The van der Waals surface area contributed by atoms with Gasteiger partial charge in [-0.15, -0.1) is 0 Å². The fraction of sp³-hybridized carbons (Fsp3) is 0.625. The van der Waals surface area contributed by atoms with E-state index in [2.05, 4.69) is 31.2 Å². The molecule has 1 fully saturated rings. The number of hydrogen-bond donors (Lipinski definition) is 1. The zero-order chi connectivity index (χ0) is 12.1. The highest BCUT2D eigenvalue weighted by Gasteiger charge is 2.20. The van der Waals surface area contributed by atoms with Gasteiger partial charge in [0.15, 0.2) is 0 Å². The smallest absolute Gasteiger partial charge is 0.00703 e. The van der Waals surface area contributed by atoms with Crippen LogP contribution in [0.25, 0.3) is 0 Å². The Bertz CT molecular complexity index is 339. The van der Waals surface area contributed by atoms with Gasteiger partial charge in [0.25, 0.3) is 0 Å². The molecule has 2 N–H and O–H groups in total. The normalized spacial score (nSPS) is 19.2. The van der Waals surface area contributed by atoms with E-state index in [1.807, 2.05) is 0 Å². The van der Waals surface area contributed by atoms with Gasteiger partial charge in [-0.3, -0.25) is 0 Å². The summed E-state index contributed by atoms with van der Waals surface area (Å²) in [5.41, 5.74) is 9.22. The van der Waals surface area contributed by atoms with Gasteiger partial charge in [0.05, 0.1) is 0 Å². The lowest BCUT2D eigenvalue weighted by atomic mass is 9.82. The van der Waals surface area contributed by atoms with E-state index in [0.29, 0.717) is 6.04 Å². The van der Waals surface area contributed by atoms with Gasteiger partial charge >= 0.3 is 0 Å². The fourth-order valence-corrected chi connectivity index (χ4v) is 3.01. The van der Waals surface area contributed by atoms with Gasteiger partial charge in [0.1, 0.15) is 0 Å². The summed E-state index contributed by atoms with van der Waals surface area (Å²) in [6, 6.07) is 9.09. The molecule has 1 aromatic rings. The first-order valence-corrected chi connectivity index (χ1v) is 7.07. The van der Waals surface area contributed by atoms with Crippen molar-refractivity contribution in [1.82, 2.24) is 0 Å². The van der Waals surface area contributed by atoms with Crippen molar-refractivity contribution in [3.05, 3.63) is 35.4 Å². The van der Waals surface area contributed by atoms with Crippen molar-refractivity contribution in [3.63, 3.8) is 0 Å². The molecule has 1 nitrogen and oxygen atoms in total. The van der Waals surface area contributed by atoms with Gasteiger partial charge in [-0.25, -0.2) is 0 Å². The molecule has 1 atom stereocenters. The first-order valence-electron chi connectivity index (χ1n) is 7.07. The summed E-state index contributed by atoms with van der Waals surface area (Å²) in [5.74, 6) is 0.785. The summed E-state index contributed by atoms with van der Waals surface area (Å²) in [6.07, 6.45) is 9.20. The van der Waals surface area contributed by atoms with Crippen LogP contribution in [0.5, 0.6) is 0 Å². The van der Waals surface area contributed by atoms with Crippen molar-refractivity contribution < 1.29 is 0 Å². The topological polar surface area (TPSA) is 26.0 Å².